The van der Waals surface area contributed by atoms with Crippen LogP contribution in [0.25, 0.3) is 0 Å². The number of hydrogen-bond donors (Lipinski definition) is 1. The number of carbonyl (C=O) groups excluding carboxylic acids is 2. The van der Waals surface area contributed by atoms with Crippen LogP contribution >= 0.6 is 0 Å². The molecule has 8 heteroatoms. The van der Waals surface area contributed by atoms with Crippen LogP contribution in [0.2, 0.25) is 0 Å². The molecule has 3 rings (SSSR count). The highest BCUT2D eigenvalue weighted by molar-refractivity contribution is 6.64. The van der Waals surface area contributed by atoms with E-state index < -0.39 is 23.9 Å². The molecule has 2 heterocycles. The Morgan fingerprint density at radius 2 is 1.70 bits per heavy atom. The maximum absolute atomic E-state index is 13.0. The van der Waals surface area contributed by atoms with Crippen molar-refractivity contribution in [3.8, 4) is 0 Å². The van der Waals surface area contributed by atoms with Crippen molar-refractivity contribution in [2.24, 2.45) is 0 Å². The molecule has 1 aromatic carbocycles. The molecule has 2 saturated heterocycles. The molecule has 30 heavy (non-hydrogen) atoms. The van der Waals surface area contributed by atoms with Gasteiger partial charge in [-0.2, -0.15) is 0 Å². The molecular weight excluding hydrogens is 383 g/mol. The SMILES string of the molecule is Cc1cccc(C(=O)NC2CN(C(=O)OC(C)(C)C)C2)c1B1OC(C)(C)C(C)(C)O1. The van der Waals surface area contributed by atoms with Crippen LogP contribution in [-0.4, -0.2) is 60.0 Å². The first-order valence-corrected chi connectivity index (χ1v) is 10.4. The Labute approximate surface area is 179 Å². The lowest BCUT2D eigenvalue weighted by Gasteiger charge is -2.40. The molecule has 0 saturated carbocycles. The van der Waals surface area contributed by atoms with E-state index in [9.17, 15) is 9.59 Å². The number of benzene rings is 1. The van der Waals surface area contributed by atoms with E-state index in [-0.39, 0.29) is 18.0 Å². The lowest BCUT2D eigenvalue weighted by molar-refractivity contribution is 0.00533. The van der Waals surface area contributed by atoms with E-state index in [1.54, 1.807) is 11.0 Å². The summed E-state index contributed by atoms with van der Waals surface area (Å²) in [6.07, 6.45) is -0.360. The van der Waals surface area contributed by atoms with Gasteiger partial charge in [-0.15, -0.1) is 0 Å². The van der Waals surface area contributed by atoms with E-state index in [2.05, 4.69) is 5.32 Å². The van der Waals surface area contributed by atoms with Gasteiger partial charge < -0.3 is 24.3 Å². The van der Waals surface area contributed by atoms with Gasteiger partial charge in [-0.05, 0) is 66.9 Å². The van der Waals surface area contributed by atoms with Gasteiger partial charge in [0.1, 0.15) is 5.60 Å². The number of likely N-dealkylation sites (tertiary alicyclic amines) is 1. The van der Waals surface area contributed by atoms with Crippen LogP contribution < -0.4 is 10.8 Å². The highest BCUT2D eigenvalue weighted by atomic mass is 16.7. The predicted octanol–water partition coefficient (Wildman–Crippen LogP) is 2.64. The van der Waals surface area contributed by atoms with Gasteiger partial charge in [0.05, 0.1) is 17.2 Å². The third kappa shape index (κ3) is 4.49. The summed E-state index contributed by atoms with van der Waals surface area (Å²) < 4.78 is 17.7. The molecule has 2 amide bonds. The summed E-state index contributed by atoms with van der Waals surface area (Å²) in [4.78, 5) is 26.7. The van der Waals surface area contributed by atoms with Gasteiger partial charge in [-0.1, -0.05) is 17.7 Å². The number of rotatable bonds is 3. The Kier molecular flexibility index (Phi) is 5.71. The summed E-state index contributed by atoms with van der Waals surface area (Å²) in [7, 11) is -0.614. The molecule has 0 bridgehead atoms. The molecular formula is C22H33BN2O5. The fourth-order valence-electron chi connectivity index (χ4n) is 3.46. The minimum Gasteiger partial charge on any atom is -0.444 e. The second-order valence-corrected chi connectivity index (χ2v) is 10.2. The highest BCUT2D eigenvalue weighted by Crippen LogP contribution is 2.37. The second-order valence-electron chi connectivity index (χ2n) is 10.2. The summed E-state index contributed by atoms with van der Waals surface area (Å²) in [6.45, 7) is 16.3. The van der Waals surface area contributed by atoms with E-state index >= 15 is 0 Å². The number of aryl methyl sites for hydroxylation is 1. The van der Waals surface area contributed by atoms with E-state index in [1.807, 2.05) is 67.5 Å². The molecule has 0 aromatic heterocycles. The van der Waals surface area contributed by atoms with Gasteiger partial charge in [0.2, 0.25) is 0 Å². The van der Waals surface area contributed by atoms with Crippen LogP contribution in [0.4, 0.5) is 4.79 Å². The van der Waals surface area contributed by atoms with Gasteiger partial charge >= 0.3 is 13.2 Å². The Hall–Kier alpha value is -2.06. The summed E-state index contributed by atoms with van der Waals surface area (Å²) in [5, 5.41) is 3.01. The van der Waals surface area contributed by atoms with Crippen LogP contribution in [0.5, 0.6) is 0 Å². The smallest absolute Gasteiger partial charge is 0.444 e. The zero-order chi connectivity index (χ0) is 22.5. The molecule has 7 nitrogen and oxygen atoms in total. The van der Waals surface area contributed by atoms with E-state index in [0.29, 0.717) is 18.7 Å². The fourth-order valence-corrected chi connectivity index (χ4v) is 3.46. The number of carbonyl (C=O) groups is 2. The normalized spacial score (nSPS) is 20.7. The summed E-state index contributed by atoms with van der Waals surface area (Å²) in [6, 6.07) is 5.47. The topological polar surface area (TPSA) is 77.1 Å². The van der Waals surface area contributed by atoms with Crippen molar-refractivity contribution in [1.29, 1.82) is 0 Å². The summed E-state index contributed by atoms with van der Waals surface area (Å²) in [5.74, 6) is -0.197. The number of ether oxygens (including phenoxy) is 1. The number of nitrogens with one attached hydrogen (secondary N) is 1. The highest BCUT2D eigenvalue weighted by Gasteiger charge is 2.53. The molecule has 0 radical (unpaired) electrons. The summed E-state index contributed by atoms with van der Waals surface area (Å²) >= 11 is 0. The third-order valence-corrected chi connectivity index (χ3v) is 5.93. The molecule has 0 unspecified atom stereocenters. The van der Waals surface area contributed by atoms with Crippen LogP contribution in [0.1, 0.15) is 64.4 Å². The molecule has 1 N–H and O–H groups in total. The fraction of sp³-hybridized carbons (Fsp3) is 0.636. The third-order valence-electron chi connectivity index (χ3n) is 5.93. The average molecular weight is 416 g/mol. The zero-order valence-corrected chi connectivity index (χ0v) is 19.3. The first-order valence-electron chi connectivity index (χ1n) is 10.4. The maximum atomic E-state index is 13.0. The quantitative estimate of drug-likeness (QED) is 0.767. The van der Waals surface area contributed by atoms with Crippen molar-refractivity contribution in [2.45, 2.75) is 78.2 Å². The van der Waals surface area contributed by atoms with Crippen molar-refractivity contribution >= 4 is 24.6 Å². The Balaban J connectivity index is 1.69. The van der Waals surface area contributed by atoms with Crippen LogP contribution in [0.3, 0.4) is 0 Å². The van der Waals surface area contributed by atoms with Crippen molar-refractivity contribution in [1.82, 2.24) is 10.2 Å². The predicted molar refractivity (Wildman–Crippen MR) is 116 cm³/mol. The Morgan fingerprint density at radius 1 is 1.13 bits per heavy atom. The monoisotopic (exact) mass is 416 g/mol. The molecule has 0 aliphatic carbocycles. The van der Waals surface area contributed by atoms with Gasteiger partial charge in [-0.3, -0.25) is 4.79 Å². The minimum absolute atomic E-state index is 0.114. The van der Waals surface area contributed by atoms with E-state index in [0.717, 1.165) is 11.0 Å². The number of hydrogen-bond acceptors (Lipinski definition) is 5. The van der Waals surface area contributed by atoms with E-state index in [4.69, 9.17) is 14.0 Å². The Morgan fingerprint density at radius 3 is 2.23 bits per heavy atom. The Bertz CT molecular complexity index is 824. The molecule has 1 aromatic rings. The average Bonchev–Trinajstić information content (AvgIpc) is 2.75. The van der Waals surface area contributed by atoms with Gasteiger partial charge in [0.25, 0.3) is 5.91 Å². The first-order chi connectivity index (χ1) is 13.7. The lowest BCUT2D eigenvalue weighted by atomic mass is 9.73. The van der Waals surface area contributed by atoms with E-state index in [1.165, 1.54) is 0 Å². The number of nitrogens with zero attached hydrogens (tertiary/aromatic N) is 1. The zero-order valence-electron chi connectivity index (χ0n) is 19.3. The van der Waals surface area contributed by atoms with Crippen molar-refractivity contribution in [3.63, 3.8) is 0 Å². The minimum atomic E-state index is -0.614. The van der Waals surface area contributed by atoms with Gasteiger partial charge in [0, 0.05) is 18.7 Å². The molecule has 2 aliphatic heterocycles. The molecule has 0 spiro atoms. The molecule has 164 valence electrons. The van der Waals surface area contributed by atoms with Crippen LogP contribution in [0.15, 0.2) is 18.2 Å². The largest absolute Gasteiger partial charge is 0.495 e. The van der Waals surface area contributed by atoms with Crippen molar-refractivity contribution in [2.75, 3.05) is 13.1 Å². The number of amides is 2. The van der Waals surface area contributed by atoms with Gasteiger partial charge in [-0.25, -0.2) is 4.79 Å². The maximum Gasteiger partial charge on any atom is 0.495 e. The molecule has 2 fully saturated rings. The molecule has 0 atom stereocenters. The van der Waals surface area contributed by atoms with Crippen molar-refractivity contribution in [3.05, 3.63) is 29.3 Å². The van der Waals surface area contributed by atoms with Crippen LogP contribution in [-0.2, 0) is 14.0 Å². The first kappa shape index (κ1) is 22.6. The second kappa shape index (κ2) is 7.57. The van der Waals surface area contributed by atoms with Crippen LogP contribution in [0, 0.1) is 6.92 Å². The van der Waals surface area contributed by atoms with Crippen molar-refractivity contribution < 1.29 is 23.6 Å². The van der Waals surface area contributed by atoms with Gasteiger partial charge in [0.15, 0.2) is 0 Å². The standard InChI is InChI=1S/C22H33BN2O5/c1-14-10-9-11-16(17(14)23-29-21(5,6)22(7,8)30-23)18(26)24-15-12-25(13-15)19(27)28-20(2,3)4/h9-11,15H,12-13H2,1-8H3,(H,24,26). The molecule has 2 aliphatic rings. The lowest BCUT2D eigenvalue weighted by Crippen LogP contribution is -2.62. The summed E-state index contributed by atoms with van der Waals surface area (Å²) in [5.41, 5.74) is 0.696.